The summed E-state index contributed by atoms with van der Waals surface area (Å²) in [7, 11) is 1.40. The van der Waals surface area contributed by atoms with Gasteiger partial charge < -0.3 is 19.5 Å². The molecule has 27 heavy (non-hydrogen) atoms. The first-order valence-electron chi connectivity index (χ1n) is 8.16. The topological polar surface area (TPSA) is 73.9 Å². The lowest BCUT2D eigenvalue weighted by molar-refractivity contribution is 0.0335. The first-order chi connectivity index (χ1) is 13.0. The van der Waals surface area contributed by atoms with E-state index in [9.17, 15) is 9.59 Å². The molecular formula is C19H19Cl2NO5. The standard InChI is InChI=1S/C19H19Cl2NO5/c1-3-26-10-11-27-19(24)12-4-6-13(7-5-12)22-18(23)16-14(20)8-9-15(21)17(16)25-2/h4-9H,3,10-11H2,1-2H3,(H,22,23). The molecule has 0 heterocycles. The van der Waals surface area contributed by atoms with Crippen LogP contribution in [0.4, 0.5) is 5.69 Å². The molecule has 0 radical (unpaired) electrons. The Morgan fingerprint density at radius 3 is 2.30 bits per heavy atom. The summed E-state index contributed by atoms with van der Waals surface area (Å²) in [6.07, 6.45) is 0. The number of halogens is 2. The molecule has 2 aromatic carbocycles. The number of hydrogen-bond acceptors (Lipinski definition) is 5. The van der Waals surface area contributed by atoms with Crippen molar-refractivity contribution in [3.8, 4) is 5.75 Å². The van der Waals surface area contributed by atoms with Crippen LogP contribution in [0.1, 0.15) is 27.6 Å². The first-order valence-corrected chi connectivity index (χ1v) is 8.91. The Bertz CT molecular complexity index is 808. The predicted molar refractivity (Wildman–Crippen MR) is 104 cm³/mol. The summed E-state index contributed by atoms with van der Waals surface area (Å²) < 4.78 is 15.4. The van der Waals surface area contributed by atoms with Crippen molar-refractivity contribution in [1.29, 1.82) is 0 Å². The van der Waals surface area contributed by atoms with Crippen LogP contribution in [-0.2, 0) is 9.47 Å². The van der Waals surface area contributed by atoms with Crippen LogP contribution in [0.3, 0.4) is 0 Å². The Morgan fingerprint density at radius 1 is 1.00 bits per heavy atom. The van der Waals surface area contributed by atoms with E-state index in [1.807, 2.05) is 6.92 Å². The number of carbonyl (C=O) groups excluding carboxylic acids is 2. The number of esters is 1. The summed E-state index contributed by atoms with van der Waals surface area (Å²) in [5.41, 5.74) is 0.970. The van der Waals surface area contributed by atoms with Crippen molar-refractivity contribution in [2.45, 2.75) is 6.92 Å². The van der Waals surface area contributed by atoms with E-state index in [0.29, 0.717) is 24.5 Å². The molecule has 2 aromatic rings. The van der Waals surface area contributed by atoms with Crippen LogP contribution < -0.4 is 10.1 Å². The van der Waals surface area contributed by atoms with Crippen molar-refractivity contribution < 1.29 is 23.8 Å². The van der Waals surface area contributed by atoms with Crippen LogP contribution in [0.5, 0.6) is 5.75 Å². The number of ether oxygens (including phenoxy) is 3. The SMILES string of the molecule is CCOCCOC(=O)c1ccc(NC(=O)c2c(Cl)ccc(Cl)c2OC)cc1. The van der Waals surface area contributed by atoms with E-state index >= 15 is 0 Å². The maximum absolute atomic E-state index is 12.5. The monoisotopic (exact) mass is 411 g/mol. The number of methoxy groups -OCH3 is 1. The maximum Gasteiger partial charge on any atom is 0.338 e. The summed E-state index contributed by atoms with van der Waals surface area (Å²) in [5, 5.41) is 3.18. The van der Waals surface area contributed by atoms with E-state index in [1.54, 1.807) is 30.3 Å². The minimum atomic E-state index is -0.480. The van der Waals surface area contributed by atoms with E-state index in [4.69, 9.17) is 37.4 Å². The molecule has 144 valence electrons. The summed E-state index contributed by atoms with van der Waals surface area (Å²) in [4.78, 5) is 24.5. The first kappa shape index (κ1) is 21.0. The van der Waals surface area contributed by atoms with Gasteiger partial charge in [-0.15, -0.1) is 0 Å². The molecule has 0 saturated carbocycles. The highest BCUT2D eigenvalue weighted by molar-refractivity contribution is 6.37. The molecule has 1 amide bonds. The van der Waals surface area contributed by atoms with Gasteiger partial charge in [0.2, 0.25) is 0 Å². The third-order valence-electron chi connectivity index (χ3n) is 3.53. The predicted octanol–water partition coefficient (Wildman–Crippen LogP) is 4.45. The van der Waals surface area contributed by atoms with E-state index in [-0.39, 0.29) is 28.0 Å². The average Bonchev–Trinajstić information content (AvgIpc) is 2.67. The Labute approximate surface area is 167 Å². The number of rotatable bonds is 8. The Balaban J connectivity index is 2.06. The summed E-state index contributed by atoms with van der Waals surface area (Å²) in [6, 6.07) is 9.34. The second-order valence-corrected chi connectivity index (χ2v) is 6.12. The number of hydrogen-bond donors (Lipinski definition) is 1. The molecule has 0 spiro atoms. The van der Waals surface area contributed by atoms with Gasteiger partial charge in [0.05, 0.1) is 29.3 Å². The molecule has 1 N–H and O–H groups in total. The quantitative estimate of drug-likeness (QED) is 0.512. The number of anilines is 1. The second-order valence-electron chi connectivity index (χ2n) is 5.30. The zero-order chi connectivity index (χ0) is 19.8. The third-order valence-corrected chi connectivity index (χ3v) is 4.15. The van der Waals surface area contributed by atoms with Crippen molar-refractivity contribution in [2.75, 3.05) is 32.2 Å². The molecule has 0 saturated heterocycles. The molecule has 8 heteroatoms. The molecule has 0 atom stereocenters. The van der Waals surface area contributed by atoms with Crippen LogP contribution in [0.25, 0.3) is 0 Å². The highest BCUT2D eigenvalue weighted by Crippen LogP contribution is 2.34. The second kappa shape index (κ2) is 10.2. The molecule has 0 bridgehead atoms. The van der Waals surface area contributed by atoms with Gasteiger partial charge in [-0.05, 0) is 43.3 Å². The number of benzene rings is 2. The van der Waals surface area contributed by atoms with Gasteiger partial charge in [0.1, 0.15) is 12.2 Å². The summed E-state index contributed by atoms with van der Waals surface area (Å²) in [6.45, 7) is 2.95. The normalized spacial score (nSPS) is 10.4. The average molecular weight is 412 g/mol. The van der Waals surface area contributed by atoms with Crippen molar-refractivity contribution in [1.82, 2.24) is 0 Å². The molecule has 0 unspecified atom stereocenters. The Kier molecular flexibility index (Phi) is 7.91. The minimum Gasteiger partial charge on any atom is -0.494 e. The smallest absolute Gasteiger partial charge is 0.338 e. The lowest BCUT2D eigenvalue weighted by atomic mass is 10.1. The zero-order valence-electron chi connectivity index (χ0n) is 14.9. The van der Waals surface area contributed by atoms with Gasteiger partial charge in [0, 0.05) is 12.3 Å². The van der Waals surface area contributed by atoms with Gasteiger partial charge in [-0.1, -0.05) is 23.2 Å². The van der Waals surface area contributed by atoms with Crippen molar-refractivity contribution in [2.24, 2.45) is 0 Å². The van der Waals surface area contributed by atoms with Gasteiger partial charge in [0.15, 0.2) is 5.75 Å². The number of amides is 1. The van der Waals surface area contributed by atoms with Crippen molar-refractivity contribution >= 4 is 40.8 Å². The molecule has 0 aromatic heterocycles. The number of carbonyl (C=O) groups is 2. The van der Waals surface area contributed by atoms with Gasteiger partial charge in [0.25, 0.3) is 5.91 Å². The van der Waals surface area contributed by atoms with Crippen LogP contribution in [0.15, 0.2) is 36.4 Å². The Hall–Kier alpha value is -2.28. The molecule has 2 rings (SSSR count). The van der Waals surface area contributed by atoms with Crippen LogP contribution >= 0.6 is 23.2 Å². The van der Waals surface area contributed by atoms with Gasteiger partial charge >= 0.3 is 5.97 Å². The third kappa shape index (κ3) is 5.60. The summed E-state index contributed by atoms with van der Waals surface area (Å²) >= 11 is 12.1. The summed E-state index contributed by atoms with van der Waals surface area (Å²) in [5.74, 6) is -0.755. The minimum absolute atomic E-state index is 0.131. The van der Waals surface area contributed by atoms with Crippen LogP contribution in [0.2, 0.25) is 10.0 Å². The van der Waals surface area contributed by atoms with E-state index in [1.165, 1.54) is 13.2 Å². The van der Waals surface area contributed by atoms with Crippen molar-refractivity contribution in [3.63, 3.8) is 0 Å². The lowest BCUT2D eigenvalue weighted by Crippen LogP contribution is -2.14. The lowest BCUT2D eigenvalue weighted by Gasteiger charge is -2.12. The maximum atomic E-state index is 12.5. The molecular weight excluding hydrogens is 393 g/mol. The van der Waals surface area contributed by atoms with E-state index < -0.39 is 11.9 Å². The van der Waals surface area contributed by atoms with Crippen molar-refractivity contribution in [3.05, 3.63) is 57.6 Å². The van der Waals surface area contributed by atoms with Gasteiger partial charge in [-0.2, -0.15) is 0 Å². The van der Waals surface area contributed by atoms with Crippen LogP contribution in [-0.4, -0.2) is 38.8 Å². The molecule has 0 aliphatic carbocycles. The number of nitrogens with one attached hydrogen (secondary N) is 1. The molecule has 0 fully saturated rings. The fourth-order valence-corrected chi connectivity index (χ4v) is 2.72. The Morgan fingerprint density at radius 2 is 1.67 bits per heavy atom. The molecule has 6 nitrogen and oxygen atoms in total. The van der Waals surface area contributed by atoms with E-state index in [0.717, 1.165) is 0 Å². The van der Waals surface area contributed by atoms with Gasteiger partial charge in [-0.3, -0.25) is 4.79 Å². The zero-order valence-corrected chi connectivity index (χ0v) is 16.4. The highest BCUT2D eigenvalue weighted by Gasteiger charge is 2.19. The largest absolute Gasteiger partial charge is 0.494 e. The fraction of sp³-hybridized carbons (Fsp3) is 0.263. The fourth-order valence-electron chi connectivity index (χ4n) is 2.25. The van der Waals surface area contributed by atoms with E-state index in [2.05, 4.69) is 5.32 Å². The molecule has 0 aliphatic rings. The van der Waals surface area contributed by atoms with Gasteiger partial charge in [-0.25, -0.2) is 4.79 Å². The molecule has 0 aliphatic heterocycles. The van der Waals surface area contributed by atoms with Crippen LogP contribution in [0, 0.1) is 0 Å². The highest BCUT2D eigenvalue weighted by atomic mass is 35.5.